The van der Waals surface area contributed by atoms with Crippen molar-refractivity contribution >= 4 is 69.7 Å². The number of hydrogen-bond acceptors (Lipinski definition) is 11. The topological polar surface area (TPSA) is 210 Å². The van der Waals surface area contributed by atoms with E-state index in [1.807, 2.05) is 7.05 Å². The molecular weight excluding hydrogens is 726 g/mol. The molecule has 0 bridgehead atoms. The van der Waals surface area contributed by atoms with E-state index in [9.17, 15) is 19.8 Å². The van der Waals surface area contributed by atoms with Crippen LogP contribution < -0.4 is 16.0 Å². The first-order valence-corrected chi connectivity index (χ1v) is 20.5. The fourth-order valence-corrected chi connectivity index (χ4v) is 5.46. The van der Waals surface area contributed by atoms with Crippen molar-refractivity contribution in [1.29, 1.82) is 0 Å². The second kappa shape index (κ2) is 15.8. The lowest BCUT2D eigenvalue weighted by molar-refractivity contribution is 0.0855. The highest BCUT2D eigenvalue weighted by atomic mass is 79.9. The fraction of sp³-hybridized carbons (Fsp3) is 0.469. The Kier molecular flexibility index (Phi) is 12.2. The first kappa shape index (κ1) is 38.6. The van der Waals surface area contributed by atoms with Gasteiger partial charge in [-0.1, -0.05) is 19.6 Å². The van der Waals surface area contributed by atoms with Crippen molar-refractivity contribution in [3.05, 3.63) is 52.9 Å². The standard InChI is InChI=1S/C17H27BrN4O3Si.C15H19N7O2/c1-17(2,10-23)21-16(24)12-9-22(11-25-6-7-26(3,4)5)15-14(12)20-13(18)8-19-15;1-15(2,8-23)21-14(24)10-5-16-13-12(10)20-11(6-17-13)19-9-4-18-22(3)7-9/h8-9,23H,6-7,10-11H2,1-5H3,(H,21,24);4-7,23H,8H2,1-3H3,(H,16,17)(H,19,20)(H,21,24). The summed E-state index contributed by atoms with van der Waals surface area (Å²) in [6.45, 7) is 14.6. The van der Waals surface area contributed by atoms with Crippen LogP contribution in [-0.4, -0.2) is 100 Å². The molecule has 0 aliphatic heterocycles. The zero-order valence-electron chi connectivity index (χ0n) is 29.6. The second-order valence-electron chi connectivity index (χ2n) is 14.4. The first-order chi connectivity index (χ1) is 23.4. The minimum absolute atomic E-state index is 0.160. The lowest BCUT2D eigenvalue weighted by Gasteiger charge is -2.23. The summed E-state index contributed by atoms with van der Waals surface area (Å²) in [6, 6.07) is 1.07. The van der Waals surface area contributed by atoms with Crippen molar-refractivity contribution < 1.29 is 24.5 Å². The number of H-pyrrole nitrogens is 1. The van der Waals surface area contributed by atoms with E-state index in [1.54, 1.807) is 74.1 Å². The van der Waals surface area contributed by atoms with Gasteiger partial charge in [0.15, 0.2) is 11.3 Å². The number of aryl methyl sites for hydroxylation is 1. The molecule has 6 N–H and O–H groups in total. The maximum absolute atomic E-state index is 12.7. The number of nitrogens with zero attached hydrogens (tertiary/aromatic N) is 7. The molecule has 0 saturated carbocycles. The number of hydrogen-bond donors (Lipinski definition) is 6. The molecule has 18 heteroatoms. The minimum atomic E-state index is -1.16. The highest BCUT2D eigenvalue weighted by molar-refractivity contribution is 9.10. The van der Waals surface area contributed by atoms with Gasteiger partial charge in [0.25, 0.3) is 11.8 Å². The van der Waals surface area contributed by atoms with Crippen molar-refractivity contribution in [2.24, 2.45) is 7.05 Å². The van der Waals surface area contributed by atoms with Crippen LogP contribution in [0.25, 0.3) is 22.3 Å². The van der Waals surface area contributed by atoms with Gasteiger partial charge in [-0.05, 0) is 49.7 Å². The van der Waals surface area contributed by atoms with Crippen molar-refractivity contribution in [1.82, 2.24) is 49.9 Å². The molecular formula is C32H46BrN11O5Si. The third-order valence-electron chi connectivity index (χ3n) is 7.30. The molecule has 0 aliphatic rings. The molecule has 0 fully saturated rings. The molecule has 5 aromatic heterocycles. The van der Waals surface area contributed by atoms with Gasteiger partial charge in [0, 0.05) is 40.3 Å². The third kappa shape index (κ3) is 10.4. The quantitative estimate of drug-likeness (QED) is 0.0746. The number of aromatic amines is 1. The van der Waals surface area contributed by atoms with Crippen LogP contribution >= 0.6 is 15.9 Å². The average Bonchev–Trinajstić information content (AvgIpc) is 3.75. The van der Waals surface area contributed by atoms with Gasteiger partial charge in [-0.15, -0.1) is 0 Å². The van der Waals surface area contributed by atoms with Crippen molar-refractivity contribution in [2.45, 2.75) is 71.2 Å². The van der Waals surface area contributed by atoms with Crippen molar-refractivity contribution in [2.75, 3.05) is 25.1 Å². The molecule has 0 saturated heterocycles. The Hall–Kier alpha value is -4.23. The number of fused-ring (bicyclic) bond motifs is 2. The van der Waals surface area contributed by atoms with Gasteiger partial charge in [-0.3, -0.25) is 14.3 Å². The second-order valence-corrected chi connectivity index (χ2v) is 20.8. The number of anilines is 2. The zero-order chi connectivity index (χ0) is 36.9. The summed E-state index contributed by atoms with van der Waals surface area (Å²) < 4.78 is 9.81. The first-order valence-electron chi connectivity index (χ1n) is 16.0. The van der Waals surface area contributed by atoms with Gasteiger partial charge in [0.1, 0.15) is 28.2 Å². The molecule has 5 heterocycles. The van der Waals surface area contributed by atoms with Gasteiger partial charge < -0.3 is 40.5 Å². The normalized spacial score (nSPS) is 12.1. The summed E-state index contributed by atoms with van der Waals surface area (Å²) in [4.78, 5) is 45.5. The molecule has 5 rings (SSSR count). The number of halogens is 1. The Bertz CT molecular complexity index is 1950. The largest absolute Gasteiger partial charge is 0.394 e. The highest BCUT2D eigenvalue weighted by Crippen LogP contribution is 2.22. The van der Waals surface area contributed by atoms with Crippen LogP contribution in [0.15, 0.2) is 41.8 Å². The third-order valence-corrected chi connectivity index (χ3v) is 9.39. The van der Waals surface area contributed by atoms with E-state index >= 15 is 0 Å². The Morgan fingerprint density at radius 3 is 2.20 bits per heavy atom. The number of carbonyl (C=O) groups is 2. The molecule has 50 heavy (non-hydrogen) atoms. The molecule has 0 radical (unpaired) electrons. The molecule has 0 spiro atoms. The minimum Gasteiger partial charge on any atom is -0.394 e. The maximum atomic E-state index is 12.7. The number of amides is 2. The summed E-state index contributed by atoms with van der Waals surface area (Å²) in [5.74, 6) is -0.124. The predicted molar refractivity (Wildman–Crippen MR) is 197 cm³/mol. The number of ether oxygens (including phenoxy) is 1. The Balaban J connectivity index is 0.000000225. The lowest BCUT2D eigenvalue weighted by Crippen LogP contribution is -2.46. The number of aromatic nitrogens is 8. The number of aliphatic hydroxyl groups is 2. The number of rotatable bonds is 13. The van der Waals surface area contributed by atoms with Crippen LogP contribution in [0.5, 0.6) is 0 Å². The van der Waals surface area contributed by atoms with Gasteiger partial charge in [0.05, 0.1) is 59.7 Å². The molecule has 270 valence electrons. The van der Waals surface area contributed by atoms with Crippen LogP contribution in [0.2, 0.25) is 25.7 Å². The van der Waals surface area contributed by atoms with Crippen molar-refractivity contribution in [3.63, 3.8) is 0 Å². The molecule has 0 aliphatic carbocycles. The zero-order valence-corrected chi connectivity index (χ0v) is 32.2. The molecule has 5 aromatic rings. The summed E-state index contributed by atoms with van der Waals surface area (Å²) in [7, 11) is 0.661. The SMILES string of the molecule is CC(C)(CO)NC(=O)c1cn(COCC[Si](C)(C)C)c2ncc(Br)nc12.Cn1cc(Nc2cnc3[nH]cc(C(=O)NC(C)(C)CO)c3n2)cn1. The van der Waals surface area contributed by atoms with E-state index in [1.165, 1.54) is 0 Å². The molecule has 0 aromatic carbocycles. The highest BCUT2D eigenvalue weighted by Gasteiger charge is 2.25. The van der Waals surface area contributed by atoms with E-state index in [0.29, 0.717) is 57.2 Å². The number of carbonyl (C=O) groups excluding carboxylic acids is 2. The molecule has 0 atom stereocenters. The predicted octanol–water partition coefficient (Wildman–Crippen LogP) is 3.94. The Morgan fingerprint density at radius 2 is 1.60 bits per heavy atom. The van der Waals surface area contributed by atoms with Gasteiger partial charge >= 0.3 is 0 Å². The van der Waals surface area contributed by atoms with Crippen LogP contribution in [0.4, 0.5) is 11.5 Å². The molecule has 16 nitrogen and oxygen atoms in total. The van der Waals surface area contributed by atoms with Crippen LogP contribution in [0.1, 0.15) is 48.4 Å². The Morgan fingerprint density at radius 1 is 0.940 bits per heavy atom. The van der Waals surface area contributed by atoms with Gasteiger partial charge in [-0.25, -0.2) is 19.9 Å². The van der Waals surface area contributed by atoms with E-state index in [0.717, 1.165) is 11.7 Å². The summed E-state index contributed by atoms with van der Waals surface area (Å²) in [5.41, 5.74) is 2.16. The van der Waals surface area contributed by atoms with E-state index in [4.69, 9.17) is 4.74 Å². The van der Waals surface area contributed by atoms with E-state index in [2.05, 4.69) is 81.5 Å². The fourth-order valence-electron chi connectivity index (χ4n) is 4.42. The summed E-state index contributed by atoms with van der Waals surface area (Å²) >= 11 is 3.30. The van der Waals surface area contributed by atoms with Gasteiger partial charge in [0.2, 0.25) is 0 Å². The van der Waals surface area contributed by atoms with Crippen LogP contribution in [-0.2, 0) is 18.5 Å². The summed E-state index contributed by atoms with van der Waals surface area (Å²) in [6.07, 6.45) is 9.90. The molecule has 0 unspecified atom stereocenters. The molecule has 2 amide bonds. The van der Waals surface area contributed by atoms with Gasteiger partial charge in [-0.2, -0.15) is 5.10 Å². The smallest absolute Gasteiger partial charge is 0.255 e. The summed E-state index contributed by atoms with van der Waals surface area (Å²) in [5, 5.41) is 31.4. The van der Waals surface area contributed by atoms with Crippen LogP contribution in [0.3, 0.4) is 0 Å². The Labute approximate surface area is 299 Å². The number of aliphatic hydroxyl groups excluding tert-OH is 2. The van der Waals surface area contributed by atoms with Crippen molar-refractivity contribution in [3.8, 4) is 0 Å². The monoisotopic (exact) mass is 771 g/mol. The lowest BCUT2D eigenvalue weighted by atomic mass is 10.1. The number of nitrogens with one attached hydrogen (secondary N) is 4. The van der Waals surface area contributed by atoms with E-state index in [-0.39, 0.29) is 25.0 Å². The van der Waals surface area contributed by atoms with E-state index < -0.39 is 19.2 Å². The maximum Gasteiger partial charge on any atom is 0.255 e. The average molecular weight is 773 g/mol. The van der Waals surface area contributed by atoms with Crippen LogP contribution in [0, 0.1) is 0 Å².